The standard InChI is InChI=1S/C17H17N3O4/c1-9-15(24-10(2)19-9)16(21)20-14(17(22)23)7-11-8-18-13-6-4-3-5-12(11)13/h3-6,8,14,18H,7H2,1-2H3,(H,20,21)(H,22,23)/t14-/m0/s1. The van der Waals surface area contributed by atoms with Gasteiger partial charge in [0.05, 0.1) is 5.69 Å². The Morgan fingerprint density at radius 3 is 2.75 bits per heavy atom. The van der Waals surface area contributed by atoms with Crippen LogP contribution in [-0.2, 0) is 11.2 Å². The number of carboxylic acid groups (broad SMARTS) is 1. The maximum Gasteiger partial charge on any atom is 0.326 e. The Bertz CT molecular complexity index is 910. The normalized spacial score (nSPS) is 12.2. The van der Waals surface area contributed by atoms with E-state index in [1.165, 1.54) is 0 Å². The van der Waals surface area contributed by atoms with Crippen LogP contribution in [0.2, 0.25) is 0 Å². The van der Waals surface area contributed by atoms with E-state index in [0.717, 1.165) is 16.5 Å². The van der Waals surface area contributed by atoms with Crippen molar-refractivity contribution in [3.63, 3.8) is 0 Å². The van der Waals surface area contributed by atoms with E-state index in [1.807, 2.05) is 24.3 Å². The second-order valence-corrected chi connectivity index (χ2v) is 5.58. The Kier molecular flexibility index (Phi) is 4.07. The minimum atomic E-state index is -1.11. The van der Waals surface area contributed by atoms with Crippen LogP contribution >= 0.6 is 0 Å². The van der Waals surface area contributed by atoms with E-state index in [1.54, 1.807) is 20.0 Å². The van der Waals surface area contributed by atoms with Crippen LogP contribution in [0, 0.1) is 13.8 Å². The number of hydrogen-bond donors (Lipinski definition) is 3. The van der Waals surface area contributed by atoms with E-state index in [-0.39, 0.29) is 12.2 Å². The molecule has 124 valence electrons. The summed E-state index contributed by atoms with van der Waals surface area (Å²) in [6, 6.07) is 6.53. The Hall–Kier alpha value is -3.09. The Labute approximate surface area is 137 Å². The number of para-hydroxylation sites is 1. The average molecular weight is 327 g/mol. The number of aryl methyl sites for hydroxylation is 2. The highest BCUT2D eigenvalue weighted by molar-refractivity contribution is 5.95. The average Bonchev–Trinajstić information content (AvgIpc) is 3.09. The smallest absolute Gasteiger partial charge is 0.326 e. The third-order valence-corrected chi connectivity index (χ3v) is 3.81. The summed E-state index contributed by atoms with van der Waals surface area (Å²) in [6.45, 7) is 3.27. The molecule has 0 aliphatic carbocycles. The molecule has 7 nitrogen and oxygen atoms in total. The van der Waals surface area contributed by atoms with Crippen molar-refractivity contribution < 1.29 is 19.1 Å². The molecule has 3 aromatic rings. The minimum absolute atomic E-state index is 0.0395. The molecule has 0 spiro atoms. The van der Waals surface area contributed by atoms with Gasteiger partial charge in [-0.25, -0.2) is 9.78 Å². The van der Waals surface area contributed by atoms with E-state index >= 15 is 0 Å². The summed E-state index contributed by atoms with van der Waals surface area (Å²) in [6.07, 6.45) is 1.92. The molecule has 24 heavy (non-hydrogen) atoms. The lowest BCUT2D eigenvalue weighted by Crippen LogP contribution is -2.42. The van der Waals surface area contributed by atoms with E-state index in [4.69, 9.17) is 4.42 Å². The maximum absolute atomic E-state index is 12.3. The second kappa shape index (κ2) is 6.19. The molecule has 2 heterocycles. The van der Waals surface area contributed by atoms with Gasteiger partial charge in [0.2, 0.25) is 5.76 Å². The molecule has 3 rings (SSSR count). The number of benzene rings is 1. The molecule has 0 bridgehead atoms. The van der Waals surface area contributed by atoms with Crippen LogP contribution in [0.3, 0.4) is 0 Å². The monoisotopic (exact) mass is 327 g/mol. The first-order valence-corrected chi connectivity index (χ1v) is 7.48. The summed E-state index contributed by atoms with van der Waals surface area (Å²) in [4.78, 5) is 30.9. The third kappa shape index (κ3) is 3.01. The summed E-state index contributed by atoms with van der Waals surface area (Å²) in [5.41, 5.74) is 2.18. The van der Waals surface area contributed by atoms with Crippen LogP contribution in [0.4, 0.5) is 0 Å². The van der Waals surface area contributed by atoms with E-state index in [9.17, 15) is 14.7 Å². The van der Waals surface area contributed by atoms with Gasteiger partial charge in [0.1, 0.15) is 6.04 Å². The molecule has 0 fully saturated rings. The quantitative estimate of drug-likeness (QED) is 0.666. The zero-order chi connectivity index (χ0) is 17.3. The number of carbonyl (C=O) groups is 2. The van der Waals surface area contributed by atoms with Gasteiger partial charge in [-0.15, -0.1) is 0 Å². The van der Waals surface area contributed by atoms with Crippen molar-refractivity contribution in [3.05, 3.63) is 53.4 Å². The molecule has 1 aromatic carbocycles. The van der Waals surface area contributed by atoms with Gasteiger partial charge in [-0.3, -0.25) is 4.79 Å². The van der Waals surface area contributed by atoms with Crippen LogP contribution in [0.1, 0.15) is 27.7 Å². The Balaban J connectivity index is 1.81. The Morgan fingerprint density at radius 1 is 1.33 bits per heavy atom. The number of H-pyrrole nitrogens is 1. The first-order valence-electron chi connectivity index (χ1n) is 7.48. The predicted octanol–water partition coefficient (Wildman–Crippen LogP) is 2.20. The minimum Gasteiger partial charge on any atom is -0.480 e. The molecule has 1 atom stereocenters. The number of aromatic amines is 1. The van der Waals surface area contributed by atoms with Crippen molar-refractivity contribution in [2.45, 2.75) is 26.3 Å². The van der Waals surface area contributed by atoms with Crippen molar-refractivity contribution >= 4 is 22.8 Å². The molecule has 0 radical (unpaired) electrons. The highest BCUT2D eigenvalue weighted by Crippen LogP contribution is 2.19. The summed E-state index contributed by atoms with van der Waals surface area (Å²) in [5, 5.41) is 12.9. The molecule has 0 aliphatic heterocycles. The SMILES string of the molecule is Cc1nc(C)c(C(=O)N[C@@H](Cc2c[nH]c3ccccc23)C(=O)O)o1. The van der Waals surface area contributed by atoms with Crippen LogP contribution in [0.15, 0.2) is 34.9 Å². The molecule has 0 saturated carbocycles. The molecular weight excluding hydrogens is 310 g/mol. The molecule has 1 amide bonds. The zero-order valence-corrected chi connectivity index (χ0v) is 13.3. The van der Waals surface area contributed by atoms with Crippen LogP contribution in [-0.4, -0.2) is 33.0 Å². The fraction of sp³-hybridized carbons (Fsp3) is 0.235. The van der Waals surface area contributed by atoms with Crippen molar-refractivity contribution in [1.29, 1.82) is 0 Å². The highest BCUT2D eigenvalue weighted by Gasteiger charge is 2.25. The lowest BCUT2D eigenvalue weighted by atomic mass is 10.0. The number of aliphatic carboxylic acids is 1. The largest absolute Gasteiger partial charge is 0.480 e. The van der Waals surface area contributed by atoms with Crippen molar-refractivity contribution in [3.8, 4) is 0 Å². The first kappa shape index (κ1) is 15.8. The van der Waals surface area contributed by atoms with Gasteiger partial charge in [0.25, 0.3) is 5.91 Å². The fourth-order valence-corrected chi connectivity index (χ4v) is 2.69. The van der Waals surface area contributed by atoms with Gasteiger partial charge >= 0.3 is 5.97 Å². The van der Waals surface area contributed by atoms with Crippen LogP contribution < -0.4 is 5.32 Å². The van der Waals surface area contributed by atoms with Crippen molar-refractivity contribution in [1.82, 2.24) is 15.3 Å². The molecular formula is C17H17N3O4. The number of rotatable bonds is 5. The number of amides is 1. The van der Waals surface area contributed by atoms with E-state index in [2.05, 4.69) is 15.3 Å². The van der Waals surface area contributed by atoms with Gasteiger partial charge in [-0.1, -0.05) is 18.2 Å². The van der Waals surface area contributed by atoms with Gasteiger partial charge < -0.3 is 19.8 Å². The van der Waals surface area contributed by atoms with Gasteiger partial charge in [-0.2, -0.15) is 0 Å². The summed E-state index contributed by atoms with van der Waals surface area (Å²) in [7, 11) is 0. The number of aromatic nitrogens is 2. The number of nitrogens with one attached hydrogen (secondary N) is 2. The van der Waals surface area contributed by atoms with Gasteiger partial charge in [0, 0.05) is 30.4 Å². The molecule has 3 N–H and O–H groups in total. The maximum atomic E-state index is 12.3. The fourth-order valence-electron chi connectivity index (χ4n) is 2.69. The zero-order valence-electron chi connectivity index (χ0n) is 13.3. The highest BCUT2D eigenvalue weighted by atomic mass is 16.4. The topological polar surface area (TPSA) is 108 Å². The van der Waals surface area contributed by atoms with E-state index in [0.29, 0.717) is 11.6 Å². The van der Waals surface area contributed by atoms with Crippen molar-refractivity contribution in [2.75, 3.05) is 0 Å². The number of fused-ring (bicyclic) bond motifs is 1. The van der Waals surface area contributed by atoms with Crippen molar-refractivity contribution in [2.24, 2.45) is 0 Å². The van der Waals surface area contributed by atoms with Crippen LogP contribution in [0.25, 0.3) is 10.9 Å². The third-order valence-electron chi connectivity index (χ3n) is 3.81. The first-order chi connectivity index (χ1) is 11.5. The number of nitrogens with zero attached hydrogens (tertiary/aromatic N) is 1. The number of hydrogen-bond acceptors (Lipinski definition) is 4. The van der Waals surface area contributed by atoms with E-state index < -0.39 is 17.9 Å². The summed E-state index contributed by atoms with van der Waals surface area (Å²) < 4.78 is 5.24. The lowest BCUT2D eigenvalue weighted by molar-refractivity contribution is -0.139. The predicted molar refractivity (Wildman–Crippen MR) is 86.9 cm³/mol. The number of oxazole rings is 1. The summed E-state index contributed by atoms with van der Waals surface area (Å²) >= 11 is 0. The second-order valence-electron chi connectivity index (χ2n) is 5.58. The molecule has 0 aliphatic rings. The number of carboxylic acids is 1. The number of carbonyl (C=O) groups excluding carboxylic acids is 1. The Morgan fingerprint density at radius 2 is 2.08 bits per heavy atom. The van der Waals surface area contributed by atoms with Gasteiger partial charge in [0.15, 0.2) is 5.89 Å². The lowest BCUT2D eigenvalue weighted by Gasteiger charge is -2.13. The molecule has 7 heteroatoms. The summed E-state index contributed by atoms with van der Waals surface area (Å²) in [5.74, 6) is -1.29. The molecule has 2 aromatic heterocycles. The van der Waals surface area contributed by atoms with Gasteiger partial charge in [-0.05, 0) is 18.6 Å². The molecule has 0 saturated heterocycles. The van der Waals surface area contributed by atoms with Crippen LogP contribution in [0.5, 0.6) is 0 Å². The molecule has 0 unspecified atom stereocenters.